The molecule has 8 nitrogen and oxygen atoms in total. The second-order valence-electron chi connectivity index (χ2n) is 9.47. The van der Waals surface area contributed by atoms with Gasteiger partial charge < -0.3 is 25.4 Å². The molecule has 0 aliphatic heterocycles. The first kappa shape index (κ1) is 32.2. The van der Waals surface area contributed by atoms with Gasteiger partial charge in [-0.1, -0.05) is 48.0 Å². The lowest BCUT2D eigenvalue weighted by Gasteiger charge is -2.13. The average Bonchev–Trinajstić information content (AvgIpc) is 3.03. The number of amides is 3. The van der Waals surface area contributed by atoms with Crippen molar-refractivity contribution in [2.45, 2.75) is 18.7 Å². The summed E-state index contributed by atoms with van der Waals surface area (Å²) in [5.41, 5.74) is 3.00. The van der Waals surface area contributed by atoms with Crippen molar-refractivity contribution in [1.29, 1.82) is 0 Å². The van der Waals surface area contributed by atoms with Crippen LogP contribution in [0.25, 0.3) is 6.08 Å². The molecule has 0 bridgehead atoms. The van der Waals surface area contributed by atoms with Crippen molar-refractivity contribution in [3.05, 3.63) is 118 Å². The van der Waals surface area contributed by atoms with E-state index < -0.39 is 11.8 Å². The van der Waals surface area contributed by atoms with E-state index in [0.29, 0.717) is 45.6 Å². The number of carbonyl (C=O) groups excluding carboxylic acids is 3. The zero-order valence-corrected chi connectivity index (χ0v) is 26.1. The molecule has 4 aromatic rings. The minimum atomic E-state index is -0.507. The van der Waals surface area contributed by atoms with Crippen molar-refractivity contribution >= 4 is 58.5 Å². The molecule has 0 saturated carbocycles. The Labute approximate surface area is 265 Å². The van der Waals surface area contributed by atoms with Crippen LogP contribution in [0.5, 0.6) is 11.5 Å². The minimum Gasteiger partial charge on any atom is -0.495 e. The number of methoxy groups -OCH3 is 1. The van der Waals surface area contributed by atoms with Gasteiger partial charge in [0.15, 0.2) is 0 Å². The number of nitrogens with one attached hydrogen (secondary N) is 3. The van der Waals surface area contributed by atoms with Crippen molar-refractivity contribution < 1.29 is 23.9 Å². The van der Waals surface area contributed by atoms with Gasteiger partial charge in [0.2, 0.25) is 5.91 Å². The number of aryl methyl sites for hydroxylation is 1. The number of anilines is 2. The molecule has 0 atom stereocenters. The molecule has 0 aliphatic rings. The maximum Gasteiger partial charge on any atom is 0.272 e. The summed E-state index contributed by atoms with van der Waals surface area (Å²) in [5, 5.41) is 8.99. The first-order chi connectivity index (χ1) is 21.3. The third-order valence-corrected chi connectivity index (χ3v) is 7.70. The Morgan fingerprint density at radius 3 is 2.30 bits per heavy atom. The summed E-state index contributed by atoms with van der Waals surface area (Å²) >= 11 is 7.50. The average molecular weight is 630 g/mol. The van der Waals surface area contributed by atoms with Crippen molar-refractivity contribution in [3.63, 3.8) is 0 Å². The van der Waals surface area contributed by atoms with Gasteiger partial charge in [0.05, 0.1) is 25.2 Å². The van der Waals surface area contributed by atoms with Crippen LogP contribution in [0, 0.1) is 6.92 Å². The second kappa shape index (κ2) is 15.7. The van der Waals surface area contributed by atoms with Crippen LogP contribution in [0.1, 0.15) is 28.4 Å². The number of hydrogen-bond donors (Lipinski definition) is 3. The first-order valence-electron chi connectivity index (χ1n) is 13.8. The van der Waals surface area contributed by atoms with E-state index in [2.05, 4.69) is 16.0 Å². The van der Waals surface area contributed by atoms with Crippen LogP contribution in [0.3, 0.4) is 0 Å². The SMILES string of the molecule is CCOc1ccccc1/C=C(\NC(=O)c1ccccc1)C(=O)Nc1ccc(SCC(=O)Nc2cc(C)c(Cl)cc2OC)cc1. The first-order valence-corrected chi connectivity index (χ1v) is 15.1. The molecule has 0 unspecified atom stereocenters. The van der Waals surface area contributed by atoms with E-state index >= 15 is 0 Å². The molecule has 0 heterocycles. The Morgan fingerprint density at radius 1 is 0.886 bits per heavy atom. The molecular weight excluding hydrogens is 598 g/mol. The molecule has 44 heavy (non-hydrogen) atoms. The van der Waals surface area contributed by atoms with E-state index in [0.717, 1.165) is 10.5 Å². The highest BCUT2D eigenvalue weighted by Gasteiger charge is 2.17. The van der Waals surface area contributed by atoms with Crippen LogP contribution in [-0.4, -0.2) is 37.2 Å². The highest BCUT2D eigenvalue weighted by Crippen LogP contribution is 2.31. The number of rotatable bonds is 12. The normalized spacial score (nSPS) is 11.0. The monoisotopic (exact) mass is 629 g/mol. The van der Waals surface area contributed by atoms with E-state index in [-0.39, 0.29) is 17.4 Å². The van der Waals surface area contributed by atoms with E-state index in [1.54, 1.807) is 78.9 Å². The Bertz CT molecular complexity index is 1660. The molecule has 0 spiro atoms. The van der Waals surface area contributed by atoms with Crippen molar-refractivity contribution in [2.75, 3.05) is 30.1 Å². The molecule has 0 radical (unpaired) electrons. The molecule has 3 N–H and O–H groups in total. The fraction of sp³-hybridized carbons (Fsp3) is 0.147. The zero-order valence-electron chi connectivity index (χ0n) is 24.5. The molecule has 10 heteroatoms. The van der Waals surface area contributed by atoms with E-state index in [1.165, 1.54) is 18.9 Å². The van der Waals surface area contributed by atoms with Crippen LogP contribution in [0.4, 0.5) is 11.4 Å². The Hall–Kier alpha value is -4.73. The second-order valence-corrected chi connectivity index (χ2v) is 10.9. The largest absolute Gasteiger partial charge is 0.495 e. The number of thioether (sulfide) groups is 1. The van der Waals surface area contributed by atoms with Gasteiger partial charge in [0.1, 0.15) is 17.2 Å². The fourth-order valence-corrected chi connectivity index (χ4v) is 4.93. The van der Waals surface area contributed by atoms with Gasteiger partial charge in [-0.25, -0.2) is 0 Å². The summed E-state index contributed by atoms with van der Waals surface area (Å²) in [6.07, 6.45) is 1.58. The third-order valence-electron chi connectivity index (χ3n) is 6.28. The Morgan fingerprint density at radius 2 is 1.59 bits per heavy atom. The Kier molecular flexibility index (Phi) is 11.5. The van der Waals surface area contributed by atoms with Crippen molar-refractivity contribution in [2.24, 2.45) is 0 Å². The maximum atomic E-state index is 13.4. The summed E-state index contributed by atoms with van der Waals surface area (Å²) < 4.78 is 11.0. The highest BCUT2D eigenvalue weighted by atomic mass is 35.5. The van der Waals surface area contributed by atoms with E-state index in [1.807, 2.05) is 32.0 Å². The highest BCUT2D eigenvalue weighted by molar-refractivity contribution is 8.00. The minimum absolute atomic E-state index is 0.0500. The van der Waals surface area contributed by atoms with Gasteiger partial charge in [-0.05, 0) is 74.0 Å². The van der Waals surface area contributed by atoms with Crippen LogP contribution in [-0.2, 0) is 9.59 Å². The lowest BCUT2D eigenvalue weighted by atomic mass is 10.1. The molecule has 3 amide bonds. The summed E-state index contributed by atoms with van der Waals surface area (Å²) in [7, 11) is 1.52. The molecule has 0 aromatic heterocycles. The lowest BCUT2D eigenvalue weighted by molar-refractivity contribution is -0.114. The van der Waals surface area contributed by atoms with Gasteiger partial charge in [-0.2, -0.15) is 0 Å². The lowest BCUT2D eigenvalue weighted by Crippen LogP contribution is -2.30. The zero-order chi connectivity index (χ0) is 31.5. The topological polar surface area (TPSA) is 106 Å². The summed E-state index contributed by atoms with van der Waals surface area (Å²) in [4.78, 5) is 39.8. The van der Waals surface area contributed by atoms with Crippen LogP contribution < -0.4 is 25.4 Å². The number of para-hydroxylation sites is 1. The fourth-order valence-electron chi connectivity index (χ4n) is 4.08. The quantitative estimate of drug-likeness (QED) is 0.113. The standard InChI is InChI=1S/C34H32ClN3O5S/c1-4-43-30-13-9-8-12-24(30)19-29(38-33(40)23-10-6-5-7-11-23)34(41)36-25-14-16-26(17-15-25)44-21-32(39)37-28-18-22(2)27(35)20-31(28)42-3/h5-20H,4,21H2,1-3H3,(H,36,41)(H,37,39)(H,38,40)/b29-19-. The maximum absolute atomic E-state index is 13.4. The van der Waals surface area contributed by atoms with E-state index in [4.69, 9.17) is 21.1 Å². The molecule has 0 fully saturated rings. The van der Waals surface area contributed by atoms with Crippen molar-refractivity contribution in [1.82, 2.24) is 5.32 Å². The van der Waals surface area contributed by atoms with Gasteiger partial charge in [0, 0.05) is 32.8 Å². The van der Waals surface area contributed by atoms with Gasteiger partial charge in [-0.15, -0.1) is 11.8 Å². The number of ether oxygens (including phenoxy) is 2. The molecule has 4 aromatic carbocycles. The number of hydrogen-bond acceptors (Lipinski definition) is 6. The number of benzene rings is 4. The smallest absolute Gasteiger partial charge is 0.272 e. The molecule has 0 saturated heterocycles. The van der Waals surface area contributed by atoms with Gasteiger partial charge in [-0.3, -0.25) is 14.4 Å². The Balaban J connectivity index is 1.44. The predicted molar refractivity (Wildman–Crippen MR) is 177 cm³/mol. The molecule has 0 aliphatic carbocycles. The van der Waals surface area contributed by atoms with Crippen LogP contribution in [0.2, 0.25) is 5.02 Å². The van der Waals surface area contributed by atoms with Crippen LogP contribution in [0.15, 0.2) is 102 Å². The molecular formula is C34H32ClN3O5S. The summed E-state index contributed by atoms with van der Waals surface area (Å²) in [6.45, 7) is 4.17. The third kappa shape index (κ3) is 8.89. The molecule has 4 rings (SSSR count). The van der Waals surface area contributed by atoms with Crippen LogP contribution >= 0.6 is 23.4 Å². The van der Waals surface area contributed by atoms with Gasteiger partial charge >= 0.3 is 0 Å². The van der Waals surface area contributed by atoms with E-state index in [9.17, 15) is 14.4 Å². The summed E-state index contributed by atoms with van der Waals surface area (Å²) in [5.74, 6) is 0.0976. The van der Waals surface area contributed by atoms with Gasteiger partial charge in [0.25, 0.3) is 11.8 Å². The van der Waals surface area contributed by atoms with Crippen molar-refractivity contribution in [3.8, 4) is 11.5 Å². The predicted octanol–water partition coefficient (Wildman–Crippen LogP) is 7.20. The molecule has 226 valence electrons. The number of halogens is 1. The number of carbonyl (C=O) groups is 3. The summed E-state index contributed by atoms with van der Waals surface area (Å²) in [6, 6.07) is 26.4.